The summed E-state index contributed by atoms with van der Waals surface area (Å²) >= 11 is 0. The van der Waals surface area contributed by atoms with Gasteiger partial charge in [-0.1, -0.05) is 6.07 Å². The molecule has 2 aliphatic heterocycles. The molecule has 1 N–H and O–H groups in total. The molecule has 0 saturated carbocycles. The third-order valence-corrected chi connectivity index (χ3v) is 4.34. The van der Waals surface area contributed by atoms with Crippen molar-refractivity contribution in [2.75, 3.05) is 6.54 Å². The van der Waals surface area contributed by atoms with Crippen LogP contribution >= 0.6 is 0 Å². The van der Waals surface area contributed by atoms with Gasteiger partial charge in [0.2, 0.25) is 0 Å². The summed E-state index contributed by atoms with van der Waals surface area (Å²) in [4.78, 5) is 13.9. The van der Waals surface area contributed by atoms with Gasteiger partial charge in [-0.3, -0.25) is 4.90 Å². The van der Waals surface area contributed by atoms with Crippen molar-refractivity contribution in [3.63, 3.8) is 0 Å². The fourth-order valence-electron chi connectivity index (χ4n) is 3.15. The molecule has 2 heterocycles. The molecule has 1 aromatic carbocycles. The molecule has 19 heavy (non-hydrogen) atoms. The van der Waals surface area contributed by atoms with Gasteiger partial charge >= 0.3 is 6.03 Å². The molecule has 2 unspecified atom stereocenters. The van der Waals surface area contributed by atoms with Crippen LogP contribution in [0.4, 0.5) is 4.79 Å². The molecule has 0 aromatic heterocycles. The predicted octanol–water partition coefficient (Wildman–Crippen LogP) is 2.89. The number of benzene rings is 1. The van der Waals surface area contributed by atoms with Crippen molar-refractivity contribution < 1.29 is 9.53 Å². The number of ether oxygens (including phenoxy) is 1. The average molecular weight is 260 g/mol. The van der Waals surface area contributed by atoms with E-state index in [9.17, 15) is 4.79 Å². The Hall–Kier alpha value is -1.71. The molecule has 1 saturated heterocycles. The number of aryl methyl sites for hydroxylation is 2. The van der Waals surface area contributed by atoms with Gasteiger partial charge in [-0.2, -0.15) is 0 Å². The van der Waals surface area contributed by atoms with E-state index in [-0.39, 0.29) is 12.1 Å². The Morgan fingerprint density at radius 2 is 2.11 bits per heavy atom. The second-order valence-electron chi connectivity index (χ2n) is 5.70. The Labute approximate surface area is 113 Å². The Balaban J connectivity index is 2.11. The van der Waals surface area contributed by atoms with Crippen molar-refractivity contribution in [3.05, 3.63) is 28.8 Å². The number of urea groups is 1. The fourth-order valence-corrected chi connectivity index (χ4v) is 3.15. The predicted molar refractivity (Wildman–Crippen MR) is 73.2 cm³/mol. The Kier molecular flexibility index (Phi) is 2.52. The lowest BCUT2D eigenvalue weighted by Gasteiger charge is -2.50. The third-order valence-electron chi connectivity index (χ3n) is 4.34. The Morgan fingerprint density at radius 3 is 2.79 bits per heavy atom. The molecule has 4 nitrogen and oxygen atoms in total. The number of hydrogen-bond donors (Lipinski definition) is 1. The van der Waals surface area contributed by atoms with E-state index in [1.807, 2.05) is 13.8 Å². The molecule has 0 radical (unpaired) electrons. The molecule has 0 aliphatic carbocycles. The van der Waals surface area contributed by atoms with Crippen molar-refractivity contribution in [2.24, 2.45) is 0 Å². The van der Waals surface area contributed by atoms with E-state index < -0.39 is 5.72 Å². The van der Waals surface area contributed by atoms with Crippen molar-refractivity contribution in [1.29, 1.82) is 0 Å². The number of carbonyl (C=O) groups is 1. The zero-order chi connectivity index (χ0) is 13.8. The first-order valence-electron chi connectivity index (χ1n) is 6.83. The maximum absolute atomic E-state index is 12.1. The van der Waals surface area contributed by atoms with E-state index in [2.05, 4.69) is 31.3 Å². The van der Waals surface area contributed by atoms with Gasteiger partial charge in [0.1, 0.15) is 5.75 Å². The van der Waals surface area contributed by atoms with Crippen molar-refractivity contribution >= 4 is 6.03 Å². The summed E-state index contributed by atoms with van der Waals surface area (Å²) in [5.74, 6) is 0.903. The van der Waals surface area contributed by atoms with Crippen LogP contribution in [0, 0.1) is 13.8 Å². The van der Waals surface area contributed by atoms with E-state index in [1.54, 1.807) is 4.90 Å². The van der Waals surface area contributed by atoms with Crippen LogP contribution in [0.25, 0.3) is 0 Å². The summed E-state index contributed by atoms with van der Waals surface area (Å²) in [7, 11) is 0. The third kappa shape index (κ3) is 1.70. The van der Waals surface area contributed by atoms with Crippen LogP contribution in [0.1, 0.15) is 43.0 Å². The molecule has 2 atom stereocenters. The van der Waals surface area contributed by atoms with Gasteiger partial charge in [-0.15, -0.1) is 0 Å². The van der Waals surface area contributed by atoms with Gasteiger partial charge in [-0.05, 0) is 44.9 Å². The molecule has 4 heteroatoms. The second-order valence-corrected chi connectivity index (χ2v) is 5.70. The van der Waals surface area contributed by atoms with Crippen LogP contribution in [0.5, 0.6) is 5.75 Å². The summed E-state index contributed by atoms with van der Waals surface area (Å²) in [6.07, 6.45) is 0.794. The molecule has 0 spiro atoms. The van der Waals surface area contributed by atoms with Gasteiger partial charge in [0, 0.05) is 18.5 Å². The van der Waals surface area contributed by atoms with Crippen LogP contribution < -0.4 is 10.1 Å². The number of hydrogen-bond acceptors (Lipinski definition) is 2. The molecule has 1 fully saturated rings. The SMILES string of the molecule is CCN1C(=O)NC2CC1(C)Oc1cc(C)c(C)cc12. The summed E-state index contributed by atoms with van der Waals surface area (Å²) in [5, 5.41) is 3.08. The highest BCUT2D eigenvalue weighted by Gasteiger charge is 2.48. The minimum atomic E-state index is -0.531. The van der Waals surface area contributed by atoms with Gasteiger partial charge in [-0.25, -0.2) is 4.79 Å². The van der Waals surface area contributed by atoms with Crippen molar-refractivity contribution in [3.8, 4) is 5.75 Å². The molecule has 2 amide bonds. The summed E-state index contributed by atoms with van der Waals surface area (Å²) in [6.45, 7) is 8.80. The number of carbonyl (C=O) groups excluding carboxylic acids is 1. The molecular formula is C15H20N2O2. The first kappa shape index (κ1) is 12.3. The lowest BCUT2D eigenvalue weighted by atomic mass is 9.88. The van der Waals surface area contributed by atoms with Gasteiger partial charge in [0.15, 0.2) is 5.72 Å². The number of fused-ring (bicyclic) bond motifs is 4. The van der Waals surface area contributed by atoms with Gasteiger partial charge in [0.05, 0.1) is 6.04 Å². The first-order valence-corrected chi connectivity index (χ1v) is 6.83. The second kappa shape index (κ2) is 3.89. The van der Waals surface area contributed by atoms with Crippen LogP contribution in [0.15, 0.2) is 12.1 Å². The first-order chi connectivity index (χ1) is 8.94. The standard InChI is InChI=1S/C15H20N2O2/c1-5-17-14(18)16-12-8-15(17,4)19-13-7-10(3)9(2)6-11(12)13/h6-7,12H,5,8H2,1-4H3,(H,16,18). The van der Waals surface area contributed by atoms with Gasteiger partial charge in [0.25, 0.3) is 0 Å². The molecule has 2 aliphatic rings. The van der Waals surface area contributed by atoms with Crippen molar-refractivity contribution in [2.45, 2.75) is 45.9 Å². The zero-order valence-corrected chi connectivity index (χ0v) is 11.9. The summed E-state index contributed by atoms with van der Waals surface area (Å²) in [5.41, 5.74) is 3.02. The topological polar surface area (TPSA) is 41.6 Å². The lowest BCUT2D eigenvalue weighted by molar-refractivity contribution is -0.0816. The lowest BCUT2D eigenvalue weighted by Crippen LogP contribution is -2.64. The number of rotatable bonds is 1. The van der Waals surface area contributed by atoms with E-state index in [4.69, 9.17) is 4.74 Å². The van der Waals surface area contributed by atoms with Crippen LogP contribution in [0.2, 0.25) is 0 Å². The highest BCUT2D eigenvalue weighted by Crippen LogP contribution is 2.44. The Morgan fingerprint density at radius 1 is 1.42 bits per heavy atom. The minimum Gasteiger partial charge on any atom is -0.468 e. The summed E-state index contributed by atoms with van der Waals surface area (Å²) < 4.78 is 6.17. The monoisotopic (exact) mass is 260 g/mol. The molecule has 2 bridgehead atoms. The zero-order valence-electron chi connectivity index (χ0n) is 11.9. The van der Waals surface area contributed by atoms with E-state index in [1.165, 1.54) is 11.1 Å². The molecule has 102 valence electrons. The fraction of sp³-hybridized carbons (Fsp3) is 0.533. The average Bonchev–Trinajstić information content (AvgIpc) is 2.31. The number of nitrogens with zero attached hydrogens (tertiary/aromatic N) is 1. The molecular weight excluding hydrogens is 240 g/mol. The Bertz CT molecular complexity index is 555. The van der Waals surface area contributed by atoms with Gasteiger partial charge < -0.3 is 10.1 Å². The van der Waals surface area contributed by atoms with E-state index in [0.717, 1.165) is 17.7 Å². The van der Waals surface area contributed by atoms with E-state index >= 15 is 0 Å². The maximum atomic E-state index is 12.1. The largest absolute Gasteiger partial charge is 0.468 e. The van der Waals surface area contributed by atoms with Crippen LogP contribution in [0.3, 0.4) is 0 Å². The maximum Gasteiger partial charge on any atom is 0.320 e. The quantitative estimate of drug-likeness (QED) is 0.843. The highest BCUT2D eigenvalue weighted by molar-refractivity contribution is 5.77. The number of amides is 2. The van der Waals surface area contributed by atoms with Crippen LogP contribution in [-0.2, 0) is 0 Å². The number of nitrogens with one attached hydrogen (secondary N) is 1. The van der Waals surface area contributed by atoms with Crippen LogP contribution in [-0.4, -0.2) is 23.2 Å². The summed E-state index contributed by atoms with van der Waals surface area (Å²) in [6, 6.07) is 4.24. The normalized spacial score (nSPS) is 28.5. The van der Waals surface area contributed by atoms with Crippen molar-refractivity contribution in [1.82, 2.24) is 10.2 Å². The molecule has 1 aromatic rings. The highest BCUT2D eigenvalue weighted by atomic mass is 16.5. The smallest absolute Gasteiger partial charge is 0.320 e. The molecule has 3 rings (SSSR count). The minimum absolute atomic E-state index is 0.0369. The van der Waals surface area contributed by atoms with E-state index in [0.29, 0.717) is 6.54 Å².